The van der Waals surface area contributed by atoms with E-state index in [0.717, 1.165) is 0 Å². The molecule has 154 valence electrons. The average molecular weight is 388 g/mol. The molecule has 9 nitrogen and oxygen atoms in total. The normalized spacial score (nSPS) is 28.0. The second kappa shape index (κ2) is 9.16. The van der Waals surface area contributed by atoms with Crippen molar-refractivity contribution in [3.63, 3.8) is 0 Å². The first-order chi connectivity index (χ1) is 12.3. The summed E-state index contributed by atoms with van der Waals surface area (Å²) in [5, 5.41) is 0. The molecule has 1 saturated heterocycles. The fourth-order valence-electron chi connectivity index (χ4n) is 2.93. The summed E-state index contributed by atoms with van der Waals surface area (Å²) in [4.78, 5) is 46.1. The molecule has 0 N–H and O–H groups in total. The third-order valence-corrected chi connectivity index (χ3v) is 3.84. The van der Waals surface area contributed by atoms with Crippen molar-refractivity contribution < 1.29 is 42.9 Å². The number of rotatable bonds is 5. The Labute approximate surface area is 158 Å². The lowest BCUT2D eigenvalue weighted by atomic mass is 9.80. The quantitative estimate of drug-likeness (QED) is 0.505. The maximum atomic E-state index is 11.7. The van der Waals surface area contributed by atoms with Crippen LogP contribution in [0.4, 0.5) is 0 Å². The molecule has 9 heteroatoms. The molecule has 0 amide bonds. The van der Waals surface area contributed by atoms with Gasteiger partial charge in [0, 0.05) is 27.7 Å². The van der Waals surface area contributed by atoms with E-state index in [4.69, 9.17) is 23.7 Å². The molecular weight excluding hydrogens is 360 g/mol. The van der Waals surface area contributed by atoms with Gasteiger partial charge in [-0.1, -0.05) is 20.8 Å². The van der Waals surface area contributed by atoms with Crippen LogP contribution in [0, 0.1) is 5.41 Å². The van der Waals surface area contributed by atoms with Crippen LogP contribution in [0.3, 0.4) is 0 Å². The van der Waals surface area contributed by atoms with Crippen LogP contribution in [0.15, 0.2) is 0 Å². The topological polar surface area (TPSA) is 114 Å². The highest BCUT2D eigenvalue weighted by atomic mass is 16.7. The van der Waals surface area contributed by atoms with Crippen molar-refractivity contribution in [3.8, 4) is 0 Å². The Morgan fingerprint density at radius 1 is 0.741 bits per heavy atom. The third kappa shape index (κ3) is 6.82. The van der Waals surface area contributed by atoms with Gasteiger partial charge in [0.25, 0.3) is 0 Å². The minimum Gasteiger partial charge on any atom is -0.463 e. The number of ether oxygens (including phenoxy) is 5. The Morgan fingerprint density at radius 2 is 1.19 bits per heavy atom. The van der Waals surface area contributed by atoms with Gasteiger partial charge in [0.15, 0.2) is 18.3 Å². The summed E-state index contributed by atoms with van der Waals surface area (Å²) in [7, 11) is 0. The molecule has 0 aliphatic carbocycles. The molecule has 1 aliphatic heterocycles. The van der Waals surface area contributed by atoms with Gasteiger partial charge in [0.2, 0.25) is 0 Å². The standard InChI is InChI=1S/C18H28O9/c1-9(19)23-8-13-14(24-10(2)20)15(25-11(3)21)16(26-12(4)22)17(27-13)18(5,6)7/h13-17H,8H2,1-7H3/t13-,14-,15+,16+,17-/m1/s1. The van der Waals surface area contributed by atoms with Crippen LogP contribution in [0.25, 0.3) is 0 Å². The molecule has 0 aromatic heterocycles. The zero-order valence-electron chi connectivity index (χ0n) is 16.8. The molecule has 1 aliphatic rings. The molecule has 0 saturated carbocycles. The number of hydrogen-bond donors (Lipinski definition) is 0. The van der Waals surface area contributed by atoms with E-state index in [2.05, 4.69) is 0 Å². The smallest absolute Gasteiger partial charge is 0.303 e. The lowest BCUT2D eigenvalue weighted by Crippen LogP contribution is -2.64. The summed E-state index contributed by atoms with van der Waals surface area (Å²) < 4.78 is 27.1. The molecule has 0 unspecified atom stereocenters. The Hall–Kier alpha value is -2.16. The predicted octanol–water partition coefficient (Wildman–Crippen LogP) is 1.16. The number of carbonyl (C=O) groups excluding carboxylic acids is 4. The highest BCUT2D eigenvalue weighted by Gasteiger charge is 2.54. The van der Waals surface area contributed by atoms with Crippen LogP contribution in [-0.4, -0.2) is 61.0 Å². The molecule has 0 aromatic rings. The maximum Gasteiger partial charge on any atom is 0.303 e. The SMILES string of the molecule is CC(=O)OC[C@H]1O[C@@H](C(C)(C)C)[C@@H](OC(C)=O)[C@@H](OC(C)=O)[C@@H]1OC(C)=O. The van der Waals surface area contributed by atoms with E-state index in [9.17, 15) is 19.2 Å². The van der Waals surface area contributed by atoms with Crippen LogP contribution in [-0.2, 0) is 42.9 Å². The molecule has 0 bridgehead atoms. The molecule has 0 spiro atoms. The average Bonchev–Trinajstić information content (AvgIpc) is 2.46. The molecular formula is C18H28O9. The van der Waals surface area contributed by atoms with Crippen LogP contribution < -0.4 is 0 Å². The van der Waals surface area contributed by atoms with Gasteiger partial charge >= 0.3 is 23.9 Å². The highest BCUT2D eigenvalue weighted by molar-refractivity contribution is 5.68. The highest BCUT2D eigenvalue weighted by Crippen LogP contribution is 2.37. The van der Waals surface area contributed by atoms with E-state index in [-0.39, 0.29) is 6.61 Å². The monoisotopic (exact) mass is 388 g/mol. The van der Waals surface area contributed by atoms with E-state index in [0.29, 0.717) is 0 Å². The van der Waals surface area contributed by atoms with Crippen molar-refractivity contribution in [2.24, 2.45) is 5.41 Å². The molecule has 0 aromatic carbocycles. The molecule has 27 heavy (non-hydrogen) atoms. The van der Waals surface area contributed by atoms with Crippen LogP contribution in [0.1, 0.15) is 48.5 Å². The summed E-state index contributed by atoms with van der Waals surface area (Å²) >= 11 is 0. The third-order valence-electron chi connectivity index (χ3n) is 3.84. The minimum atomic E-state index is -1.12. The Bertz CT molecular complexity index is 578. The second-order valence-electron chi connectivity index (χ2n) is 7.49. The molecule has 1 heterocycles. The van der Waals surface area contributed by atoms with Crippen LogP contribution in [0.5, 0.6) is 0 Å². The van der Waals surface area contributed by atoms with E-state index < -0.39 is 59.8 Å². The molecule has 5 atom stereocenters. The Kier molecular flexibility index (Phi) is 7.77. The van der Waals surface area contributed by atoms with Crippen molar-refractivity contribution in [1.82, 2.24) is 0 Å². The minimum absolute atomic E-state index is 0.218. The van der Waals surface area contributed by atoms with Gasteiger partial charge in [-0.3, -0.25) is 19.2 Å². The van der Waals surface area contributed by atoms with Crippen molar-refractivity contribution in [2.45, 2.75) is 79.0 Å². The molecule has 1 fully saturated rings. The van der Waals surface area contributed by atoms with Gasteiger partial charge in [-0.05, 0) is 5.41 Å². The maximum absolute atomic E-state index is 11.7. The Balaban J connectivity index is 3.36. The van der Waals surface area contributed by atoms with Crippen LogP contribution >= 0.6 is 0 Å². The predicted molar refractivity (Wildman–Crippen MR) is 91.4 cm³/mol. The van der Waals surface area contributed by atoms with E-state index in [1.165, 1.54) is 27.7 Å². The van der Waals surface area contributed by atoms with Crippen molar-refractivity contribution in [2.75, 3.05) is 6.61 Å². The van der Waals surface area contributed by atoms with Gasteiger partial charge in [-0.15, -0.1) is 0 Å². The van der Waals surface area contributed by atoms with E-state index in [1.54, 1.807) is 0 Å². The van der Waals surface area contributed by atoms with Gasteiger partial charge in [0.05, 0.1) is 0 Å². The largest absolute Gasteiger partial charge is 0.463 e. The number of esters is 4. The first-order valence-electron chi connectivity index (χ1n) is 8.63. The van der Waals surface area contributed by atoms with Gasteiger partial charge in [-0.25, -0.2) is 0 Å². The summed E-state index contributed by atoms with van der Waals surface area (Å²) in [5.41, 5.74) is -0.534. The molecule has 0 radical (unpaired) electrons. The summed E-state index contributed by atoms with van der Waals surface area (Å²) in [6, 6.07) is 0. The lowest BCUT2D eigenvalue weighted by Gasteiger charge is -2.48. The first-order valence-corrected chi connectivity index (χ1v) is 8.63. The van der Waals surface area contributed by atoms with Gasteiger partial charge in [0.1, 0.15) is 18.8 Å². The fourth-order valence-corrected chi connectivity index (χ4v) is 2.93. The zero-order valence-corrected chi connectivity index (χ0v) is 16.8. The van der Waals surface area contributed by atoms with Gasteiger partial charge < -0.3 is 23.7 Å². The van der Waals surface area contributed by atoms with E-state index >= 15 is 0 Å². The Morgan fingerprint density at radius 3 is 1.59 bits per heavy atom. The first kappa shape index (κ1) is 22.9. The van der Waals surface area contributed by atoms with E-state index in [1.807, 2.05) is 20.8 Å². The molecule has 1 rings (SSSR count). The summed E-state index contributed by atoms with van der Waals surface area (Å²) in [5.74, 6) is -2.44. The number of carbonyl (C=O) groups is 4. The van der Waals surface area contributed by atoms with Gasteiger partial charge in [-0.2, -0.15) is 0 Å². The fraction of sp³-hybridized carbons (Fsp3) is 0.778. The van der Waals surface area contributed by atoms with Crippen molar-refractivity contribution in [3.05, 3.63) is 0 Å². The zero-order chi connectivity index (χ0) is 20.9. The second-order valence-corrected chi connectivity index (χ2v) is 7.49. The van der Waals surface area contributed by atoms with Crippen molar-refractivity contribution in [1.29, 1.82) is 0 Å². The van der Waals surface area contributed by atoms with Crippen LogP contribution in [0.2, 0.25) is 0 Å². The number of hydrogen-bond acceptors (Lipinski definition) is 9. The lowest BCUT2D eigenvalue weighted by molar-refractivity contribution is -0.267. The van der Waals surface area contributed by atoms with Crippen molar-refractivity contribution >= 4 is 23.9 Å². The summed E-state index contributed by atoms with van der Waals surface area (Å²) in [6.45, 7) is 10.2. The summed E-state index contributed by atoms with van der Waals surface area (Å²) in [6.07, 6.45) is -4.86.